The molecular formula is C25H26F4N4O2. The molecule has 3 heterocycles. The van der Waals surface area contributed by atoms with E-state index < -0.39 is 24.0 Å². The summed E-state index contributed by atoms with van der Waals surface area (Å²) < 4.78 is 50.7. The monoisotopic (exact) mass is 490 g/mol. The van der Waals surface area contributed by atoms with Crippen molar-refractivity contribution in [1.82, 2.24) is 15.6 Å². The number of pyridine rings is 1. The van der Waals surface area contributed by atoms with Crippen LogP contribution < -0.4 is 15.5 Å². The fourth-order valence-electron chi connectivity index (χ4n) is 5.51. The van der Waals surface area contributed by atoms with Gasteiger partial charge in [0.25, 0.3) is 5.91 Å². The summed E-state index contributed by atoms with van der Waals surface area (Å²) in [6, 6.07) is 9.75. The van der Waals surface area contributed by atoms with Crippen molar-refractivity contribution in [2.45, 2.75) is 68.2 Å². The molecule has 1 saturated carbocycles. The van der Waals surface area contributed by atoms with E-state index in [1.165, 1.54) is 24.4 Å². The lowest BCUT2D eigenvalue weighted by molar-refractivity contribution is -0.124. The number of anilines is 1. The van der Waals surface area contributed by atoms with Gasteiger partial charge in [0.15, 0.2) is 0 Å². The smallest absolute Gasteiger partial charge is 0.352 e. The fourth-order valence-corrected chi connectivity index (χ4v) is 5.51. The van der Waals surface area contributed by atoms with Gasteiger partial charge < -0.3 is 15.5 Å². The highest BCUT2D eigenvalue weighted by atomic mass is 19.4. The number of halogens is 4. The molecule has 2 unspecified atom stereocenters. The molecule has 35 heavy (non-hydrogen) atoms. The highest BCUT2D eigenvalue weighted by Crippen LogP contribution is 2.49. The minimum atomic E-state index is -4.47. The SMILES string of the molecule is O=C(NCC(F)(F)F)c1ccc(N2C3CCC2CC(NC(=O)C2(c4cccc(F)c4)CC2)C3)nc1. The van der Waals surface area contributed by atoms with Crippen molar-refractivity contribution in [3.8, 4) is 0 Å². The molecule has 3 aliphatic rings. The molecule has 1 aromatic carbocycles. The normalized spacial score (nSPS) is 24.7. The summed E-state index contributed by atoms with van der Waals surface area (Å²) >= 11 is 0. The minimum absolute atomic E-state index is 0.00898. The number of nitrogens with one attached hydrogen (secondary N) is 2. The first-order valence-electron chi connectivity index (χ1n) is 11.8. The van der Waals surface area contributed by atoms with Crippen LogP contribution in [0, 0.1) is 5.82 Å². The van der Waals surface area contributed by atoms with E-state index in [2.05, 4.69) is 15.2 Å². The Kier molecular flexibility index (Phi) is 5.93. The molecule has 2 bridgehead atoms. The van der Waals surface area contributed by atoms with Crippen LogP contribution in [0.4, 0.5) is 23.4 Å². The third-order valence-corrected chi connectivity index (χ3v) is 7.35. The first-order valence-corrected chi connectivity index (χ1v) is 11.8. The van der Waals surface area contributed by atoms with E-state index in [1.807, 2.05) is 5.32 Å². The first kappa shape index (κ1) is 23.6. The van der Waals surface area contributed by atoms with E-state index in [9.17, 15) is 27.2 Å². The molecule has 0 radical (unpaired) electrons. The molecule has 2 aromatic rings. The number of fused-ring (bicyclic) bond motifs is 2. The second kappa shape index (κ2) is 8.80. The molecule has 1 aromatic heterocycles. The van der Waals surface area contributed by atoms with Gasteiger partial charge in [-0.2, -0.15) is 13.2 Å². The lowest BCUT2D eigenvalue weighted by Crippen LogP contribution is -2.52. The van der Waals surface area contributed by atoms with Gasteiger partial charge in [-0.05, 0) is 68.4 Å². The molecule has 1 aliphatic carbocycles. The minimum Gasteiger partial charge on any atom is -0.352 e. The predicted octanol–water partition coefficient (Wildman–Crippen LogP) is 3.86. The fraction of sp³-hybridized carbons (Fsp3) is 0.480. The van der Waals surface area contributed by atoms with E-state index in [-0.39, 0.29) is 35.4 Å². The van der Waals surface area contributed by atoms with Crippen LogP contribution in [-0.4, -0.2) is 47.6 Å². The summed E-state index contributed by atoms with van der Waals surface area (Å²) in [7, 11) is 0. The second-order valence-electron chi connectivity index (χ2n) is 9.73. The number of amides is 2. The van der Waals surface area contributed by atoms with Gasteiger partial charge in [-0.25, -0.2) is 9.37 Å². The summed E-state index contributed by atoms with van der Waals surface area (Å²) in [4.78, 5) is 31.6. The molecule has 10 heteroatoms. The molecule has 3 fully saturated rings. The number of rotatable bonds is 6. The lowest BCUT2D eigenvalue weighted by Gasteiger charge is -2.40. The van der Waals surface area contributed by atoms with E-state index in [0.717, 1.165) is 31.2 Å². The Labute approximate surface area is 200 Å². The summed E-state index contributed by atoms with van der Waals surface area (Å²) in [6.45, 7) is -1.39. The van der Waals surface area contributed by atoms with Gasteiger partial charge in [-0.15, -0.1) is 0 Å². The number of alkyl halides is 3. The van der Waals surface area contributed by atoms with Gasteiger partial charge in [0, 0.05) is 24.3 Å². The number of benzene rings is 1. The summed E-state index contributed by atoms with van der Waals surface area (Å²) in [6.07, 6.45) is 1.63. The van der Waals surface area contributed by atoms with Gasteiger partial charge in [0.2, 0.25) is 5.91 Å². The van der Waals surface area contributed by atoms with Crippen molar-refractivity contribution in [2.75, 3.05) is 11.4 Å². The highest BCUT2D eigenvalue weighted by molar-refractivity contribution is 5.94. The van der Waals surface area contributed by atoms with E-state index in [4.69, 9.17) is 0 Å². The van der Waals surface area contributed by atoms with Crippen LogP contribution >= 0.6 is 0 Å². The van der Waals surface area contributed by atoms with Crippen molar-refractivity contribution in [1.29, 1.82) is 0 Å². The molecule has 5 rings (SSSR count). The second-order valence-corrected chi connectivity index (χ2v) is 9.73. The number of hydrogen-bond donors (Lipinski definition) is 2. The summed E-state index contributed by atoms with van der Waals surface area (Å²) in [5, 5.41) is 5.05. The number of carbonyl (C=O) groups is 2. The van der Waals surface area contributed by atoms with Crippen molar-refractivity contribution in [3.05, 3.63) is 59.5 Å². The van der Waals surface area contributed by atoms with Gasteiger partial charge in [0.1, 0.15) is 18.2 Å². The number of piperidine rings is 1. The number of aromatic nitrogens is 1. The van der Waals surface area contributed by atoms with Crippen molar-refractivity contribution >= 4 is 17.6 Å². The van der Waals surface area contributed by atoms with E-state index in [0.29, 0.717) is 18.7 Å². The quantitative estimate of drug-likeness (QED) is 0.604. The molecule has 2 atom stereocenters. The van der Waals surface area contributed by atoms with Gasteiger partial charge in [-0.3, -0.25) is 9.59 Å². The zero-order valence-electron chi connectivity index (χ0n) is 18.9. The Hall–Kier alpha value is -3.17. The van der Waals surface area contributed by atoms with Crippen LogP contribution in [0.25, 0.3) is 0 Å². The molecule has 6 nitrogen and oxygen atoms in total. The maximum Gasteiger partial charge on any atom is 0.405 e. The average Bonchev–Trinajstić information content (AvgIpc) is 3.58. The number of nitrogens with zero attached hydrogens (tertiary/aromatic N) is 2. The highest BCUT2D eigenvalue weighted by Gasteiger charge is 2.52. The molecule has 2 amide bonds. The van der Waals surface area contributed by atoms with Crippen LogP contribution in [0.5, 0.6) is 0 Å². The Morgan fingerprint density at radius 1 is 1.09 bits per heavy atom. The van der Waals surface area contributed by atoms with Gasteiger partial charge >= 0.3 is 6.18 Å². The average molecular weight is 491 g/mol. The van der Waals surface area contributed by atoms with Crippen LogP contribution in [0.15, 0.2) is 42.6 Å². The number of carbonyl (C=O) groups excluding carboxylic acids is 2. The maximum atomic E-state index is 13.7. The molecular weight excluding hydrogens is 464 g/mol. The molecule has 0 spiro atoms. The molecule has 2 saturated heterocycles. The van der Waals surface area contributed by atoms with Crippen LogP contribution in [0.1, 0.15) is 54.4 Å². The topological polar surface area (TPSA) is 74.3 Å². The zero-order chi connectivity index (χ0) is 24.8. The molecule has 2 N–H and O–H groups in total. The van der Waals surface area contributed by atoms with Crippen LogP contribution in [0.3, 0.4) is 0 Å². The van der Waals surface area contributed by atoms with E-state index >= 15 is 0 Å². The third kappa shape index (κ3) is 4.83. The zero-order valence-corrected chi connectivity index (χ0v) is 18.9. The Balaban J connectivity index is 1.21. The summed E-state index contributed by atoms with van der Waals surface area (Å²) in [5.74, 6) is -0.538. The van der Waals surface area contributed by atoms with Gasteiger partial charge in [-0.1, -0.05) is 12.1 Å². The van der Waals surface area contributed by atoms with Crippen molar-refractivity contribution in [2.24, 2.45) is 0 Å². The predicted molar refractivity (Wildman–Crippen MR) is 120 cm³/mol. The molecule has 2 aliphatic heterocycles. The van der Waals surface area contributed by atoms with Crippen molar-refractivity contribution in [3.63, 3.8) is 0 Å². The number of hydrogen-bond acceptors (Lipinski definition) is 4. The largest absolute Gasteiger partial charge is 0.405 e. The first-order chi connectivity index (χ1) is 16.6. The maximum absolute atomic E-state index is 13.7. The Morgan fingerprint density at radius 3 is 2.37 bits per heavy atom. The third-order valence-electron chi connectivity index (χ3n) is 7.35. The Morgan fingerprint density at radius 2 is 1.80 bits per heavy atom. The van der Waals surface area contributed by atoms with Crippen LogP contribution in [0.2, 0.25) is 0 Å². The lowest BCUT2D eigenvalue weighted by atomic mass is 9.92. The van der Waals surface area contributed by atoms with Crippen molar-refractivity contribution < 1.29 is 27.2 Å². The standard InChI is InChI=1S/C25H26F4N4O2/c26-17-3-1-2-16(10-17)24(8-9-24)23(35)32-18-11-19-5-6-20(12-18)33(19)21-7-4-15(13-30-21)22(34)31-14-25(27,28)29/h1-4,7,10,13,18-20H,5-6,8-9,11-12,14H2,(H,31,34)(H,32,35). The van der Waals surface area contributed by atoms with Gasteiger partial charge in [0.05, 0.1) is 11.0 Å². The molecule has 186 valence electrons. The van der Waals surface area contributed by atoms with Crippen LogP contribution in [-0.2, 0) is 10.2 Å². The summed E-state index contributed by atoms with van der Waals surface area (Å²) in [5.41, 5.74) is 0.154. The van der Waals surface area contributed by atoms with E-state index in [1.54, 1.807) is 18.2 Å². The Bertz CT molecular complexity index is 1100.